The van der Waals surface area contributed by atoms with Crippen molar-refractivity contribution in [1.82, 2.24) is 4.98 Å². The maximum Gasteiger partial charge on any atom is 0.0606 e. The molecule has 2 rings (SSSR count). The summed E-state index contributed by atoms with van der Waals surface area (Å²) in [7, 11) is 0. The molecule has 1 fully saturated rings. The Hall–Kier alpha value is -0.610. The second kappa shape index (κ2) is 4.94. The highest BCUT2D eigenvalue weighted by molar-refractivity contribution is 9.10. The number of rotatable bonds is 4. The third-order valence-electron chi connectivity index (χ3n) is 2.92. The molecule has 4 heteroatoms. The first-order valence-electron chi connectivity index (χ1n) is 5.30. The van der Waals surface area contributed by atoms with Gasteiger partial charge in [-0.3, -0.25) is 4.98 Å². The fraction of sp³-hybridized carbons (Fsp3) is 0.545. The van der Waals surface area contributed by atoms with Crippen molar-refractivity contribution in [3.05, 3.63) is 22.9 Å². The van der Waals surface area contributed by atoms with Crippen LogP contribution < -0.4 is 4.90 Å². The molecule has 0 amide bonds. The van der Waals surface area contributed by atoms with Gasteiger partial charge in [-0.05, 0) is 41.3 Å². The van der Waals surface area contributed by atoms with E-state index in [1.54, 1.807) is 12.4 Å². The predicted molar refractivity (Wildman–Crippen MR) is 64.0 cm³/mol. The van der Waals surface area contributed by atoms with Crippen molar-refractivity contribution in [3.8, 4) is 0 Å². The molecule has 1 N–H and O–H groups in total. The van der Waals surface area contributed by atoms with Crippen molar-refractivity contribution in [2.75, 3.05) is 18.1 Å². The number of nitrogens with zero attached hydrogens (tertiary/aromatic N) is 2. The van der Waals surface area contributed by atoms with Gasteiger partial charge < -0.3 is 10.0 Å². The molecule has 0 bridgehead atoms. The maximum atomic E-state index is 9.08. The van der Waals surface area contributed by atoms with Crippen LogP contribution in [0.15, 0.2) is 22.9 Å². The van der Waals surface area contributed by atoms with Crippen LogP contribution in [0.2, 0.25) is 0 Å². The first-order chi connectivity index (χ1) is 7.33. The lowest BCUT2D eigenvalue weighted by atomic mass is 9.91. The number of aromatic nitrogens is 1. The lowest BCUT2D eigenvalue weighted by Gasteiger charge is -2.39. The number of anilines is 1. The summed E-state index contributed by atoms with van der Waals surface area (Å²) in [6.07, 6.45) is 7.36. The van der Waals surface area contributed by atoms with Crippen molar-refractivity contribution in [2.45, 2.75) is 25.3 Å². The summed E-state index contributed by atoms with van der Waals surface area (Å²) in [4.78, 5) is 6.33. The normalized spacial score (nSPS) is 16.1. The summed E-state index contributed by atoms with van der Waals surface area (Å²) >= 11 is 3.50. The van der Waals surface area contributed by atoms with Gasteiger partial charge >= 0.3 is 0 Å². The Balaban J connectivity index is 2.19. The molecule has 82 valence electrons. The maximum absolute atomic E-state index is 9.08. The van der Waals surface area contributed by atoms with Crippen LogP contribution in [0, 0.1) is 0 Å². The molecule has 0 aliphatic heterocycles. The van der Waals surface area contributed by atoms with E-state index in [1.807, 2.05) is 6.07 Å². The average molecular weight is 271 g/mol. The lowest BCUT2D eigenvalue weighted by Crippen LogP contribution is -2.42. The molecule has 1 aromatic rings. The zero-order chi connectivity index (χ0) is 10.7. The van der Waals surface area contributed by atoms with Crippen molar-refractivity contribution in [1.29, 1.82) is 0 Å². The molecule has 1 heterocycles. The van der Waals surface area contributed by atoms with Gasteiger partial charge in [0, 0.05) is 25.0 Å². The summed E-state index contributed by atoms with van der Waals surface area (Å²) in [6.45, 7) is 0.901. The number of hydrogen-bond acceptors (Lipinski definition) is 3. The molecule has 1 aromatic heterocycles. The van der Waals surface area contributed by atoms with E-state index in [9.17, 15) is 0 Å². The fourth-order valence-corrected chi connectivity index (χ4v) is 2.38. The van der Waals surface area contributed by atoms with E-state index in [-0.39, 0.29) is 6.61 Å². The standard InChI is InChI=1S/C11H15BrN2O/c12-10-8-13-5-4-11(10)14(6-7-15)9-2-1-3-9/h4-5,8-9,15H,1-3,6-7H2. The molecule has 3 nitrogen and oxygen atoms in total. The Morgan fingerprint density at radius 3 is 2.87 bits per heavy atom. The SMILES string of the molecule is OCCN(c1ccncc1Br)C1CCC1. The van der Waals surface area contributed by atoms with Crippen LogP contribution in [0.3, 0.4) is 0 Å². The highest BCUT2D eigenvalue weighted by Crippen LogP contribution is 2.33. The zero-order valence-corrected chi connectivity index (χ0v) is 10.2. The smallest absolute Gasteiger partial charge is 0.0606 e. The molecule has 0 atom stereocenters. The third kappa shape index (κ3) is 2.32. The molecule has 1 saturated carbocycles. The quantitative estimate of drug-likeness (QED) is 0.912. The van der Waals surface area contributed by atoms with Gasteiger partial charge in [0.25, 0.3) is 0 Å². The molecule has 1 aliphatic carbocycles. The van der Waals surface area contributed by atoms with E-state index in [4.69, 9.17) is 5.11 Å². The van der Waals surface area contributed by atoms with Gasteiger partial charge in [0.05, 0.1) is 16.8 Å². The highest BCUT2D eigenvalue weighted by Gasteiger charge is 2.25. The Kier molecular flexibility index (Phi) is 3.59. The van der Waals surface area contributed by atoms with E-state index in [0.29, 0.717) is 12.6 Å². The summed E-state index contributed by atoms with van der Waals surface area (Å²) in [5.41, 5.74) is 1.14. The monoisotopic (exact) mass is 270 g/mol. The zero-order valence-electron chi connectivity index (χ0n) is 8.56. The molecule has 1 aliphatic rings. The minimum Gasteiger partial charge on any atom is -0.395 e. The molecule has 0 radical (unpaired) electrons. The van der Waals surface area contributed by atoms with Crippen LogP contribution in [0.4, 0.5) is 5.69 Å². The average Bonchev–Trinajstić information content (AvgIpc) is 2.15. The Labute approximate surface area is 98.3 Å². The predicted octanol–water partition coefficient (Wildman–Crippen LogP) is 2.20. The van der Waals surface area contributed by atoms with E-state index < -0.39 is 0 Å². The molecular formula is C11H15BrN2O. The molecule has 0 unspecified atom stereocenters. The minimum absolute atomic E-state index is 0.200. The van der Waals surface area contributed by atoms with Crippen molar-refractivity contribution in [2.24, 2.45) is 0 Å². The van der Waals surface area contributed by atoms with Crippen LogP contribution in [0.1, 0.15) is 19.3 Å². The van der Waals surface area contributed by atoms with Gasteiger partial charge in [0.15, 0.2) is 0 Å². The molecule has 0 aromatic carbocycles. The minimum atomic E-state index is 0.200. The second-order valence-corrected chi connectivity index (χ2v) is 4.68. The van der Waals surface area contributed by atoms with Crippen LogP contribution in [-0.4, -0.2) is 29.3 Å². The largest absolute Gasteiger partial charge is 0.395 e. The number of pyridine rings is 1. The fourth-order valence-electron chi connectivity index (χ4n) is 1.91. The van der Waals surface area contributed by atoms with Crippen molar-refractivity contribution >= 4 is 21.6 Å². The number of halogens is 1. The van der Waals surface area contributed by atoms with Gasteiger partial charge in [-0.15, -0.1) is 0 Å². The van der Waals surface area contributed by atoms with E-state index >= 15 is 0 Å². The first-order valence-corrected chi connectivity index (χ1v) is 6.09. The van der Waals surface area contributed by atoms with Gasteiger partial charge in [-0.25, -0.2) is 0 Å². The summed E-state index contributed by atoms with van der Waals surface area (Å²) in [5, 5.41) is 9.08. The van der Waals surface area contributed by atoms with E-state index in [2.05, 4.69) is 25.8 Å². The first kappa shape index (κ1) is 10.9. The number of aliphatic hydroxyl groups excluding tert-OH is 1. The summed E-state index contributed by atoms with van der Waals surface area (Å²) < 4.78 is 1.00. The Bertz CT molecular complexity index is 328. The van der Waals surface area contributed by atoms with Crippen molar-refractivity contribution in [3.63, 3.8) is 0 Å². The van der Waals surface area contributed by atoms with E-state index in [1.165, 1.54) is 19.3 Å². The molecular weight excluding hydrogens is 256 g/mol. The highest BCUT2D eigenvalue weighted by atomic mass is 79.9. The Morgan fingerprint density at radius 1 is 1.53 bits per heavy atom. The topological polar surface area (TPSA) is 36.4 Å². The Morgan fingerprint density at radius 2 is 2.33 bits per heavy atom. The lowest BCUT2D eigenvalue weighted by molar-refractivity contribution is 0.283. The number of hydrogen-bond donors (Lipinski definition) is 1. The number of aliphatic hydroxyl groups is 1. The van der Waals surface area contributed by atoms with Gasteiger partial charge in [0.2, 0.25) is 0 Å². The second-order valence-electron chi connectivity index (χ2n) is 3.83. The third-order valence-corrected chi connectivity index (χ3v) is 3.53. The van der Waals surface area contributed by atoms with Crippen molar-refractivity contribution < 1.29 is 5.11 Å². The molecule has 15 heavy (non-hydrogen) atoms. The van der Waals surface area contributed by atoms with Crippen LogP contribution in [-0.2, 0) is 0 Å². The molecule has 0 spiro atoms. The van der Waals surface area contributed by atoms with E-state index in [0.717, 1.165) is 10.2 Å². The van der Waals surface area contributed by atoms with Crippen LogP contribution >= 0.6 is 15.9 Å². The summed E-state index contributed by atoms with van der Waals surface area (Å²) in [6, 6.07) is 2.59. The van der Waals surface area contributed by atoms with Crippen LogP contribution in [0.5, 0.6) is 0 Å². The van der Waals surface area contributed by atoms with Crippen LogP contribution in [0.25, 0.3) is 0 Å². The van der Waals surface area contributed by atoms with Gasteiger partial charge in [0.1, 0.15) is 0 Å². The summed E-state index contributed by atoms with van der Waals surface area (Å²) in [5.74, 6) is 0. The molecule has 0 saturated heterocycles. The van der Waals surface area contributed by atoms with Gasteiger partial charge in [-0.1, -0.05) is 0 Å². The van der Waals surface area contributed by atoms with Gasteiger partial charge in [-0.2, -0.15) is 0 Å².